The minimum Gasteiger partial charge on any atom is -0.434 e. The van der Waals surface area contributed by atoms with E-state index in [0.717, 1.165) is 5.56 Å². The molecule has 0 aromatic heterocycles. The maximum absolute atomic E-state index is 11.8. The third-order valence-corrected chi connectivity index (χ3v) is 6.81. The molecular weight excluding hydrogens is 320 g/mol. The molecule has 8 heteroatoms. The highest BCUT2D eigenvalue weighted by atomic mass is 32.3. The smallest absolute Gasteiger partial charge is 0.415 e. The largest absolute Gasteiger partial charge is 0.434 e. The second-order valence-corrected chi connectivity index (χ2v) is 8.74. The van der Waals surface area contributed by atoms with E-state index in [9.17, 15) is 18.7 Å². The molecular formula is C15H18N2O5S. The number of carbonyl (C=O) groups excluding carboxylic acids is 2. The molecule has 4 rings (SSSR count). The SMILES string of the molecule is NC(=O)[C@H]1CN(c2ccc(C3[C@H]4CS(O)(O)C[C@@H]34)cc2)C(=O)O1. The van der Waals surface area contributed by atoms with Crippen molar-refractivity contribution >= 4 is 28.3 Å². The van der Waals surface area contributed by atoms with Crippen LogP contribution < -0.4 is 10.6 Å². The van der Waals surface area contributed by atoms with Crippen molar-refractivity contribution in [3.63, 3.8) is 0 Å². The molecule has 1 unspecified atom stereocenters. The second kappa shape index (κ2) is 4.86. The first-order valence-corrected chi connectivity index (χ1v) is 9.35. The summed E-state index contributed by atoms with van der Waals surface area (Å²) in [6.07, 6.45) is -1.48. The van der Waals surface area contributed by atoms with Crippen molar-refractivity contribution in [1.29, 1.82) is 0 Å². The molecule has 124 valence electrons. The molecule has 7 nitrogen and oxygen atoms in total. The standard InChI is InChI=1S/C15H18N2O5S/c16-14(18)12-5-17(15(19)22-12)9-3-1-8(2-4-9)13-10-6-23(20,21)7-11(10)13/h1-4,10-13,20-21H,5-7H2,(H2,16,18)/t10-,11+,12-,13?/m1/s1. The Labute approximate surface area is 134 Å². The highest BCUT2D eigenvalue weighted by Gasteiger charge is 2.58. The van der Waals surface area contributed by atoms with Crippen LogP contribution in [0, 0.1) is 11.8 Å². The number of cyclic esters (lactones) is 1. The number of carbonyl (C=O) groups is 2. The molecule has 2 saturated heterocycles. The van der Waals surface area contributed by atoms with Crippen molar-refractivity contribution in [3.05, 3.63) is 29.8 Å². The van der Waals surface area contributed by atoms with Crippen LogP contribution in [0.25, 0.3) is 0 Å². The van der Waals surface area contributed by atoms with Gasteiger partial charge in [0, 0.05) is 17.2 Å². The van der Waals surface area contributed by atoms with Crippen LogP contribution in [0.1, 0.15) is 11.5 Å². The molecule has 1 aliphatic carbocycles. The summed E-state index contributed by atoms with van der Waals surface area (Å²) in [5.41, 5.74) is 6.98. The molecule has 2 aliphatic heterocycles. The van der Waals surface area contributed by atoms with Gasteiger partial charge in [0.05, 0.1) is 6.54 Å². The van der Waals surface area contributed by atoms with Gasteiger partial charge in [-0.3, -0.25) is 18.8 Å². The molecule has 1 aromatic carbocycles. The number of rotatable bonds is 3. The first-order valence-electron chi connectivity index (χ1n) is 7.47. The zero-order chi connectivity index (χ0) is 16.4. The predicted molar refractivity (Wildman–Crippen MR) is 85.6 cm³/mol. The van der Waals surface area contributed by atoms with Gasteiger partial charge >= 0.3 is 6.09 Å². The Morgan fingerprint density at radius 2 is 1.83 bits per heavy atom. The zero-order valence-electron chi connectivity index (χ0n) is 12.3. The van der Waals surface area contributed by atoms with Crippen LogP contribution in [-0.4, -0.2) is 45.3 Å². The monoisotopic (exact) mass is 338 g/mol. The zero-order valence-corrected chi connectivity index (χ0v) is 13.1. The van der Waals surface area contributed by atoms with Crippen LogP contribution in [0.5, 0.6) is 0 Å². The number of hydrogen-bond acceptors (Lipinski definition) is 5. The van der Waals surface area contributed by atoms with Gasteiger partial charge in [-0.05, 0) is 35.4 Å². The quantitative estimate of drug-likeness (QED) is 0.774. The lowest BCUT2D eigenvalue weighted by molar-refractivity contribution is -0.124. The Morgan fingerprint density at radius 3 is 2.35 bits per heavy atom. The van der Waals surface area contributed by atoms with E-state index in [1.54, 1.807) is 0 Å². The van der Waals surface area contributed by atoms with E-state index in [1.165, 1.54) is 4.90 Å². The van der Waals surface area contributed by atoms with Crippen LogP contribution in [0.3, 0.4) is 0 Å². The van der Waals surface area contributed by atoms with Gasteiger partial charge in [0.15, 0.2) is 6.10 Å². The van der Waals surface area contributed by atoms with Gasteiger partial charge in [0.25, 0.3) is 5.91 Å². The number of amides is 2. The summed E-state index contributed by atoms with van der Waals surface area (Å²) >= 11 is 0. The Hall–Kier alpha value is -1.77. The van der Waals surface area contributed by atoms with Gasteiger partial charge in [0.1, 0.15) is 0 Å². The Kier molecular flexibility index (Phi) is 3.13. The predicted octanol–water partition coefficient (Wildman–Crippen LogP) is 1.59. The van der Waals surface area contributed by atoms with Gasteiger partial charge in [-0.15, -0.1) is 0 Å². The number of anilines is 1. The van der Waals surface area contributed by atoms with Crippen molar-refractivity contribution in [3.8, 4) is 0 Å². The average Bonchev–Trinajstić information content (AvgIpc) is 2.82. The van der Waals surface area contributed by atoms with E-state index < -0.39 is 28.7 Å². The topological polar surface area (TPSA) is 113 Å². The number of fused-ring (bicyclic) bond motifs is 1. The van der Waals surface area contributed by atoms with Crippen LogP contribution >= 0.6 is 10.6 Å². The molecule has 0 bridgehead atoms. The molecule has 3 fully saturated rings. The van der Waals surface area contributed by atoms with Crippen molar-refractivity contribution in [1.82, 2.24) is 0 Å². The number of benzene rings is 1. The van der Waals surface area contributed by atoms with E-state index in [-0.39, 0.29) is 6.54 Å². The molecule has 2 heterocycles. The maximum Gasteiger partial charge on any atom is 0.415 e. The van der Waals surface area contributed by atoms with Crippen molar-refractivity contribution in [2.24, 2.45) is 17.6 Å². The van der Waals surface area contributed by atoms with Crippen LogP contribution in [0.2, 0.25) is 0 Å². The summed E-state index contributed by atoms with van der Waals surface area (Å²) in [5, 5.41) is 0. The molecule has 1 saturated carbocycles. The second-order valence-electron chi connectivity index (χ2n) is 6.47. The molecule has 23 heavy (non-hydrogen) atoms. The summed E-state index contributed by atoms with van der Waals surface area (Å²) in [5.74, 6) is 1.46. The van der Waals surface area contributed by atoms with Crippen molar-refractivity contribution in [2.45, 2.75) is 12.0 Å². The van der Waals surface area contributed by atoms with Gasteiger partial charge in [-0.1, -0.05) is 12.1 Å². The molecule has 0 radical (unpaired) electrons. The lowest BCUT2D eigenvalue weighted by atomic mass is 10.1. The Balaban J connectivity index is 1.46. The van der Waals surface area contributed by atoms with E-state index in [2.05, 4.69) is 0 Å². The van der Waals surface area contributed by atoms with E-state index in [1.807, 2.05) is 24.3 Å². The lowest BCUT2D eigenvalue weighted by Crippen LogP contribution is -2.32. The minimum absolute atomic E-state index is 0.128. The van der Waals surface area contributed by atoms with Crippen LogP contribution in [0.15, 0.2) is 24.3 Å². The minimum atomic E-state index is -2.34. The fourth-order valence-electron chi connectivity index (χ4n) is 3.78. The van der Waals surface area contributed by atoms with Crippen molar-refractivity contribution < 1.29 is 23.4 Å². The van der Waals surface area contributed by atoms with E-state index in [4.69, 9.17) is 10.5 Å². The van der Waals surface area contributed by atoms with Gasteiger partial charge in [-0.25, -0.2) is 4.79 Å². The van der Waals surface area contributed by atoms with Crippen molar-refractivity contribution in [2.75, 3.05) is 23.0 Å². The number of nitrogens with two attached hydrogens (primary N) is 1. The number of hydrogen-bond donors (Lipinski definition) is 3. The highest BCUT2D eigenvalue weighted by Crippen LogP contribution is 2.69. The molecule has 4 N–H and O–H groups in total. The fourth-order valence-corrected chi connectivity index (χ4v) is 6.05. The maximum atomic E-state index is 11.8. The first kappa shape index (κ1) is 14.8. The normalized spacial score (nSPS) is 35.6. The lowest BCUT2D eigenvalue weighted by Gasteiger charge is -2.29. The summed E-state index contributed by atoms with van der Waals surface area (Å²) in [6.45, 7) is 0.128. The van der Waals surface area contributed by atoms with Gasteiger partial charge in [0.2, 0.25) is 0 Å². The Bertz CT molecular complexity index is 663. The van der Waals surface area contributed by atoms with Crippen LogP contribution in [0.4, 0.5) is 10.5 Å². The van der Waals surface area contributed by atoms with E-state index in [0.29, 0.717) is 34.9 Å². The molecule has 0 spiro atoms. The first-order chi connectivity index (χ1) is 10.9. The molecule has 1 aromatic rings. The number of nitrogens with zero attached hydrogens (tertiary/aromatic N) is 1. The number of ether oxygens (including phenoxy) is 1. The van der Waals surface area contributed by atoms with Gasteiger partial charge in [-0.2, -0.15) is 10.6 Å². The van der Waals surface area contributed by atoms with Gasteiger partial charge < -0.3 is 10.5 Å². The summed E-state index contributed by atoms with van der Waals surface area (Å²) < 4.78 is 24.3. The molecule has 3 aliphatic rings. The molecule has 2 amide bonds. The average molecular weight is 338 g/mol. The van der Waals surface area contributed by atoms with E-state index >= 15 is 0 Å². The summed E-state index contributed by atoms with van der Waals surface area (Å²) in [6, 6.07) is 7.56. The Morgan fingerprint density at radius 1 is 1.22 bits per heavy atom. The van der Waals surface area contributed by atoms with Crippen LogP contribution in [-0.2, 0) is 9.53 Å². The third kappa shape index (κ3) is 2.46. The summed E-state index contributed by atoms with van der Waals surface area (Å²) in [4.78, 5) is 24.3. The number of primary amides is 1. The highest BCUT2D eigenvalue weighted by molar-refractivity contribution is 8.24. The third-order valence-electron chi connectivity index (χ3n) is 4.97. The fraction of sp³-hybridized carbons (Fsp3) is 0.467. The summed E-state index contributed by atoms with van der Waals surface area (Å²) in [7, 11) is -2.34. The molecule has 4 atom stereocenters.